The first-order valence-corrected chi connectivity index (χ1v) is 8.46. The number of amides is 1. The molecule has 0 atom stereocenters. The Bertz CT molecular complexity index is 1090. The molecule has 1 heterocycles. The molecule has 0 bridgehead atoms. The molecular weight excluding hydrogens is 349 g/mol. The molecule has 0 fully saturated rings. The Kier molecular flexibility index (Phi) is 5.30. The van der Waals surface area contributed by atoms with E-state index in [0.717, 1.165) is 0 Å². The highest BCUT2D eigenvalue weighted by Crippen LogP contribution is 2.26. The number of nitrogens with one attached hydrogen (secondary N) is 1. The van der Waals surface area contributed by atoms with Gasteiger partial charge in [0, 0.05) is 11.9 Å². The van der Waals surface area contributed by atoms with E-state index in [1.165, 1.54) is 29.0 Å². The van der Waals surface area contributed by atoms with Gasteiger partial charge < -0.3 is 9.67 Å². The molecule has 0 spiro atoms. The number of hydrazone groups is 1. The molecule has 1 aromatic heterocycles. The first-order valence-electron chi connectivity index (χ1n) is 8.46. The molecule has 0 aliphatic heterocycles. The van der Waals surface area contributed by atoms with Gasteiger partial charge in [0.05, 0.1) is 11.7 Å². The minimum atomic E-state index is -0.833. The maximum absolute atomic E-state index is 13.2. The molecule has 0 saturated carbocycles. The minimum Gasteiger partial charge on any atom is -0.506 e. The summed E-state index contributed by atoms with van der Waals surface area (Å²) in [5.74, 6) is -1.65. The van der Waals surface area contributed by atoms with Crippen LogP contribution in [0.4, 0.5) is 4.39 Å². The van der Waals surface area contributed by atoms with E-state index >= 15 is 0 Å². The zero-order valence-electron chi connectivity index (χ0n) is 14.6. The standard InChI is InChI=1S/C20H18FN3O3/c1-2-10-24-16-9-4-3-8-15(16)18(25)17(20(24)27)19(26)23-22-12-13-6-5-7-14(21)11-13/h3-9,11-12,25H,2,10H2,1H3,(H,23,26)/b22-12-. The van der Waals surface area contributed by atoms with E-state index in [9.17, 15) is 19.1 Å². The van der Waals surface area contributed by atoms with Crippen molar-refractivity contribution in [2.45, 2.75) is 19.9 Å². The number of rotatable bonds is 5. The zero-order chi connectivity index (χ0) is 19.4. The van der Waals surface area contributed by atoms with Crippen LogP contribution in [0.25, 0.3) is 10.9 Å². The Morgan fingerprint density at radius 2 is 2.04 bits per heavy atom. The minimum absolute atomic E-state index is 0.376. The molecule has 0 saturated heterocycles. The number of fused-ring (bicyclic) bond motifs is 1. The SMILES string of the molecule is CCCn1c(=O)c(C(=O)N/N=C\c2cccc(F)c2)c(O)c2ccccc21. The van der Waals surface area contributed by atoms with E-state index in [1.54, 1.807) is 30.3 Å². The summed E-state index contributed by atoms with van der Waals surface area (Å²) in [5, 5.41) is 14.6. The van der Waals surface area contributed by atoms with Crippen molar-refractivity contribution in [3.63, 3.8) is 0 Å². The molecule has 2 N–H and O–H groups in total. The monoisotopic (exact) mass is 367 g/mol. The third-order valence-corrected chi connectivity index (χ3v) is 4.05. The molecule has 0 radical (unpaired) electrons. The number of aromatic nitrogens is 1. The molecule has 138 valence electrons. The number of carbonyl (C=O) groups is 1. The van der Waals surface area contributed by atoms with Gasteiger partial charge in [-0.25, -0.2) is 9.82 Å². The van der Waals surface area contributed by atoms with E-state index in [2.05, 4.69) is 10.5 Å². The van der Waals surface area contributed by atoms with E-state index in [0.29, 0.717) is 29.4 Å². The maximum atomic E-state index is 13.2. The van der Waals surface area contributed by atoms with E-state index in [4.69, 9.17) is 0 Å². The average molecular weight is 367 g/mol. The first-order chi connectivity index (χ1) is 13.0. The predicted molar refractivity (Wildman–Crippen MR) is 102 cm³/mol. The van der Waals surface area contributed by atoms with Crippen molar-refractivity contribution in [1.82, 2.24) is 9.99 Å². The van der Waals surface area contributed by atoms with Crippen LogP contribution in [0, 0.1) is 5.82 Å². The summed E-state index contributed by atoms with van der Waals surface area (Å²) in [7, 11) is 0. The molecule has 3 aromatic rings. The fourth-order valence-corrected chi connectivity index (χ4v) is 2.85. The van der Waals surface area contributed by atoms with Crippen LogP contribution in [-0.2, 0) is 6.54 Å². The van der Waals surface area contributed by atoms with Gasteiger partial charge >= 0.3 is 0 Å². The second-order valence-corrected chi connectivity index (χ2v) is 5.95. The zero-order valence-corrected chi connectivity index (χ0v) is 14.6. The third kappa shape index (κ3) is 3.72. The Labute approximate surface area is 154 Å². The molecule has 0 aliphatic rings. The number of nitrogens with zero attached hydrogens (tertiary/aromatic N) is 2. The van der Waals surface area contributed by atoms with Crippen molar-refractivity contribution >= 4 is 23.0 Å². The topological polar surface area (TPSA) is 83.7 Å². The molecule has 3 rings (SSSR count). The summed E-state index contributed by atoms with van der Waals surface area (Å²) in [4.78, 5) is 25.2. The lowest BCUT2D eigenvalue weighted by molar-refractivity contribution is 0.0950. The molecule has 1 amide bonds. The number of pyridine rings is 1. The van der Waals surface area contributed by atoms with Crippen LogP contribution in [0.15, 0.2) is 58.4 Å². The normalized spacial score (nSPS) is 11.2. The van der Waals surface area contributed by atoms with Crippen molar-refractivity contribution < 1.29 is 14.3 Å². The van der Waals surface area contributed by atoms with E-state index < -0.39 is 17.3 Å². The van der Waals surface area contributed by atoms with Crippen molar-refractivity contribution in [3.8, 4) is 5.75 Å². The first kappa shape index (κ1) is 18.3. The number of carbonyl (C=O) groups excluding carboxylic acids is 1. The number of aryl methyl sites for hydroxylation is 1. The summed E-state index contributed by atoms with van der Waals surface area (Å²) >= 11 is 0. The fourth-order valence-electron chi connectivity index (χ4n) is 2.85. The number of halogens is 1. The fraction of sp³-hybridized carbons (Fsp3) is 0.150. The average Bonchev–Trinajstić information content (AvgIpc) is 2.65. The second kappa shape index (κ2) is 7.82. The molecule has 7 heteroatoms. The van der Waals surface area contributed by atoms with Crippen molar-refractivity contribution in [2.75, 3.05) is 0 Å². The predicted octanol–water partition coefficient (Wildman–Crippen LogP) is 3.02. The highest BCUT2D eigenvalue weighted by Gasteiger charge is 2.21. The maximum Gasteiger partial charge on any atom is 0.280 e. The van der Waals surface area contributed by atoms with Gasteiger partial charge in [-0.1, -0.05) is 31.2 Å². The molecule has 0 aliphatic carbocycles. The van der Waals surface area contributed by atoms with Gasteiger partial charge in [0.25, 0.3) is 11.5 Å². The lowest BCUT2D eigenvalue weighted by Gasteiger charge is -2.13. The van der Waals surface area contributed by atoms with E-state index in [-0.39, 0.29) is 11.3 Å². The molecule has 27 heavy (non-hydrogen) atoms. The largest absolute Gasteiger partial charge is 0.506 e. The highest BCUT2D eigenvalue weighted by atomic mass is 19.1. The lowest BCUT2D eigenvalue weighted by Crippen LogP contribution is -2.31. The highest BCUT2D eigenvalue weighted by molar-refractivity contribution is 6.02. The van der Waals surface area contributed by atoms with Gasteiger partial charge in [-0.15, -0.1) is 0 Å². The number of para-hydroxylation sites is 1. The summed E-state index contributed by atoms with van der Waals surface area (Å²) in [6.07, 6.45) is 1.94. The van der Waals surface area contributed by atoms with Crippen molar-refractivity contribution in [2.24, 2.45) is 5.10 Å². The molecule has 2 aromatic carbocycles. The quantitative estimate of drug-likeness (QED) is 0.537. The number of hydrogen-bond acceptors (Lipinski definition) is 4. The van der Waals surface area contributed by atoms with E-state index in [1.807, 2.05) is 6.92 Å². The van der Waals surface area contributed by atoms with Crippen LogP contribution >= 0.6 is 0 Å². The molecular formula is C20H18FN3O3. The molecule has 6 nitrogen and oxygen atoms in total. The molecule has 0 unspecified atom stereocenters. The Morgan fingerprint density at radius 1 is 1.26 bits per heavy atom. The summed E-state index contributed by atoms with van der Waals surface area (Å²) < 4.78 is 14.6. The lowest BCUT2D eigenvalue weighted by atomic mass is 10.1. The Morgan fingerprint density at radius 3 is 2.78 bits per heavy atom. The second-order valence-electron chi connectivity index (χ2n) is 5.95. The summed E-state index contributed by atoms with van der Waals surface area (Å²) in [6, 6.07) is 12.5. The van der Waals surface area contributed by atoms with Crippen molar-refractivity contribution in [1.29, 1.82) is 0 Å². The van der Waals surface area contributed by atoms with Crippen LogP contribution in [0.2, 0.25) is 0 Å². The van der Waals surface area contributed by atoms with Gasteiger partial charge in [-0.05, 0) is 36.2 Å². The Hall–Kier alpha value is -3.48. The number of benzene rings is 2. The van der Waals surface area contributed by atoms with Crippen LogP contribution in [0.1, 0.15) is 29.3 Å². The van der Waals surface area contributed by atoms with Gasteiger partial charge in [-0.3, -0.25) is 9.59 Å². The van der Waals surface area contributed by atoms with Gasteiger partial charge in [0.1, 0.15) is 17.1 Å². The van der Waals surface area contributed by atoms with Crippen LogP contribution < -0.4 is 11.0 Å². The van der Waals surface area contributed by atoms with Crippen LogP contribution in [-0.4, -0.2) is 21.8 Å². The van der Waals surface area contributed by atoms with Gasteiger partial charge in [0.2, 0.25) is 0 Å². The third-order valence-electron chi connectivity index (χ3n) is 4.05. The van der Waals surface area contributed by atoms with Crippen molar-refractivity contribution in [3.05, 3.63) is 75.8 Å². The summed E-state index contributed by atoms with van der Waals surface area (Å²) in [5.41, 5.74) is 2.25. The van der Waals surface area contributed by atoms with Crippen LogP contribution in [0.5, 0.6) is 5.75 Å². The smallest absolute Gasteiger partial charge is 0.280 e. The van der Waals surface area contributed by atoms with Gasteiger partial charge in [-0.2, -0.15) is 5.10 Å². The Balaban J connectivity index is 1.98. The number of aromatic hydroxyl groups is 1. The van der Waals surface area contributed by atoms with Gasteiger partial charge in [0.15, 0.2) is 0 Å². The summed E-state index contributed by atoms with van der Waals surface area (Å²) in [6.45, 7) is 2.32. The van der Waals surface area contributed by atoms with Crippen LogP contribution in [0.3, 0.4) is 0 Å². The number of hydrogen-bond donors (Lipinski definition) is 2.